The monoisotopic (exact) mass is 493 g/mol. The predicted octanol–water partition coefficient (Wildman–Crippen LogP) is 4.82. The maximum Gasteiger partial charge on any atom is 0.412 e. The summed E-state index contributed by atoms with van der Waals surface area (Å²) in [6.07, 6.45) is 5.82. The first kappa shape index (κ1) is 23.4. The molecule has 3 heterocycles. The van der Waals surface area contributed by atoms with Crippen molar-refractivity contribution in [2.75, 3.05) is 25.1 Å². The number of fused-ring (bicyclic) bond motifs is 2. The van der Waals surface area contributed by atoms with Crippen LogP contribution in [-0.4, -0.2) is 41.2 Å². The molecule has 1 N–H and O–H groups in total. The normalized spacial score (nSPS) is 16.4. The Kier molecular flexibility index (Phi) is 6.23. The lowest BCUT2D eigenvalue weighted by Crippen LogP contribution is -2.31. The van der Waals surface area contributed by atoms with E-state index >= 15 is 0 Å². The summed E-state index contributed by atoms with van der Waals surface area (Å²) in [5.74, 6) is 2.05. The number of carbonyl (C=O) groups is 1. The SMILES string of the molecule is CNC(=O)Oc1cc(-c2ccc3c(c2)CN(c2ncnc4c2CC(C)(C)CC4)CCO3)cnc1Cl. The standard InChI is InChI=1S/C26H28ClN5O3/c1-26(2)7-6-20-19(12-26)24(31-15-30-20)32-8-9-34-21-5-4-16(10-18(21)14-32)17-11-22(23(27)29-13-17)35-25(33)28-3/h4-5,10-11,13,15H,6-9,12,14H2,1-3H3,(H,28,33). The molecule has 0 atom stereocenters. The molecule has 182 valence electrons. The van der Waals surface area contributed by atoms with Crippen molar-refractivity contribution in [3.63, 3.8) is 0 Å². The fourth-order valence-corrected chi connectivity index (χ4v) is 4.84. The third-order valence-corrected chi connectivity index (χ3v) is 6.88. The molecule has 1 aliphatic carbocycles. The van der Waals surface area contributed by atoms with Gasteiger partial charge in [-0.15, -0.1) is 0 Å². The zero-order chi connectivity index (χ0) is 24.6. The van der Waals surface area contributed by atoms with Crippen molar-refractivity contribution in [2.24, 2.45) is 5.41 Å². The third kappa shape index (κ3) is 4.89. The molecule has 0 saturated heterocycles. The molecule has 1 aromatic carbocycles. The van der Waals surface area contributed by atoms with Crippen molar-refractivity contribution in [3.05, 3.63) is 58.8 Å². The van der Waals surface area contributed by atoms with Crippen LogP contribution in [0.5, 0.6) is 11.5 Å². The number of pyridine rings is 1. The van der Waals surface area contributed by atoms with Crippen LogP contribution in [0.15, 0.2) is 36.8 Å². The first-order chi connectivity index (χ1) is 16.8. The number of hydrogen-bond donors (Lipinski definition) is 1. The molecule has 0 fully saturated rings. The second-order valence-corrected chi connectivity index (χ2v) is 10.1. The zero-order valence-electron chi connectivity index (χ0n) is 20.1. The van der Waals surface area contributed by atoms with Gasteiger partial charge in [-0.25, -0.2) is 19.7 Å². The van der Waals surface area contributed by atoms with Crippen LogP contribution in [-0.2, 0) is 19.4 Å². The average molecular weight is 494 g/mol. The first-order valence-corrected chi connectivity index (χ1v) is 12.1. The summed E-state index contributed by atoms with van der Waals surface area (Å²) in [6, 6.07) is 7.74. The fourth-order valence-electron chi connectivity index (χ4n) is 4.69. The molecule has 0 saturated carbocycles. The van der Waals surface area contributed by atoms with E-state index in [4.69, 9.17) is 26.1 Å². The Hall–Kier alpha value is -3.39. The molecule has 2 aliphatic rings. The van der Waals surface area contributed by atoms with E-state index in [1.54, 1.807) is 18.6 Å². The third-order valence-electron chi connectivity index (χ3n) is 6.59. The predicted molar refractivity (Wildman–Crippen MR) is 134 cm³/mol. The Morgan fingerprint density at radius 1 is 1.20 bits per heavy atom. The van der Waals surface area contributed by atoms with Crippen LogP contribution in [0, 0.1) is 5.41 Å². The quantitative estimate of drug-likeness (QED) is 0.523. The number of hydrogen-bond acceptors (Lipinski definition) is 7. The summed E-state index contributed by atoms with van der Waals surface area (Å²) in [7, 11) is 1.49. The molecule has 8 nitrogen and oxygen atoms in total. The first-order valence-electron chi connectivity index (χ1n) is 11.7. The molecular formula is C26H28ClN5O3. The van der Waals surface area contributed by atoms with Crippen LogP contribution in [0.1, 0.15) is 37.1 Å². The topological polar surface area (TPSA) is 89.5 Å². The summed E-state index contributed by atoms with van der Waals surface area (Å²) < 4.78 is 11.3. The molecule has 35 heavy (non-hydrogen) atoms. The van der Waals surface area contributed by atoms with E-state index in [1.807, 2.05) is 12.1 Å². The van der Waals surface area contributed by atoms with Crippen LogP contribution in [0.25, 0.3) is 11.1 Å². The molecule has 1 amide bonds. The Balaban J connectivity index is 1.47. The minimum atomic E-state index is -0.604. The molecule has 0 bridgehead atoms. The van der Waals surface area contributed by atoms with E-state index in [-0.39, 0.29) is 16.3 Å². The van der Waals surface area contributed by atoms with Gasteiger partial charge in [-0.2, -0.15) is 0 Å². The maximum absolute atomic E-state index is 11.7. The van der Waals surface area contributed by atoms with Gasteiger partial charge in [0.2, 0.25) is 0 Å². The highest BCUT2D eigenvalue weighted by Crippen LogP contribution is 2.39. The van der Waals surface area contributed by atoms with E-state index in [1.165, 1.54) is 12.6 Å². The average Bonchev–Trinajstić information content (AvgIpc) is 3.06. The number of ether oxygens (including phenoxy) is 2. The number of carbonyl (C=O) groups excluding carboxylic acids is 1. The molecule has 0 spiro atoms. The van der Waals surface area contributed by atoms with Crippen LogP contribution in [0.2, 0.25) is 5.15 Å². The van der Waals surface area contributed by atoms with Crippen molar-refractivity contribution in [1.82, 2.24) is 20.3 Å². The highest BCUT2D eigenvalue weighted by atomic mass is 35.5. The van der Waals surface area contributed by atoms with Crippen LogP contribution in [0.3, 0.4) is 0 Å². The van der Waals surface area contributed by atoms with Gasteiger partial charge in [0.05, 0.1) is 6.54 Å². The molecule has 0 unspecified atom stereocenters. The number of nitrogens with one attached hydrogen (secondary N) is 1. The van der Waals surface area contributed by atoms with Gasteiger partial charge in [0.25, 0.3) is 0 Å². The van der Waals surface area contributed by atoms with Gasteiger partial charge in [0.1, 0.15) is 24.5 Å². The summed E-state index contributed by atoms with van der Waals surface area (Å²) in [4.78, 5) is 27.5. The van der Waals surface area contributed by atoms with Gasteiger partial charge in [-0.1, -0.05) is 31.5 Å². The number of anilines is 1. The second kappa shape index (κ2) is 9.34. The molecule has 0 radical (unpaired) electrons. The zero-order valence-corrected chi connectivity index (χ0v) is 20.9. The minimum absolute atomic E-state index is 0.123. The Morgan fingerprint density at radius 2 is 2.06 bits per heavy atom. The molecule has 1 aliphatic heterocycles. The van der Waals surface area contributed by atoms with Gasteiger partial charge in [-0.05, 0) is 48.4 Å². The Labute approximate surface area is 209 Å². The highest BCUT2D eigenvalue weighted by molar-refractivity contribution is 6.31. The lowest BCUT2D eigenvalue weighted by Gasteiger charge is -2.33. The van der Waals surface area contributed by atoms with Gasteiger partial charge in [0, 0.05) is 42.2 Å². The van der Waals surface area contributed by atoms with Gasteiger partial charge in [0.15, 0.2) is 10.9 Å². The number of benzene rings is 1. The minimum Gasteiger partial charge on any atom is -0.491 e. The smallest absolute Gasteiger partial charge is 0.412 e. The number of amides is 1. The second-order valence-electron chi connectivity index (χ2n) is 9.71. The Morgan fingerprint density at radius 3 is 2.89 bits per heavy atom. The molecule has 2 aromatic heterocycles. The summed E-state index contributed by atoms with van der Waals surface area (Å²) >= 11 is 6.13. The summed E-state index contributed by atoms with van der Waals surface area (Å²) in [5, 5.41) is 2.54. The van der Waals surface area contributed by atoms with E-state index in [2.05, 4.69) is 40.1 Å². The number of nitrogens with zero attached hydrogens (tertiary/aromatic N) is 4. The van der Waals surface area contributed by atoms with Gasteiger partial charge < -0.3 is 19.7 Å². The van der Waals surface area contributed by atoms with Crippen molar-refractivity contribution in [2.45, 2.75) is 39.7 Å². The van der Waals surface area contributed by atoms with Crippen molar-refractivity contribution < 1.29 is 14.3 Å². The molecule has 3 aromatic rings. The van der Waals surface area contributed by atoms with Crippen LogP contribution >= 0.6 is 11.6 Å². The molecular weight excluding hydrogens is 466 g/mol. The molecule has 5 rings (SSSR count). The number of aryl methyl sites for hydroxylation is 1. The Bertz CT molecular complexity index is 1280. The summed E-state index contributed by atoms with van der Waals surface area (Å²) in [6.45, 7) is 6.58. The van der Waals surface area contributed by atoms with Crippen molar-refractivity contribution in [1.29, 1.82) is 0 Å². The maximum atomic E-state index is 11.7. The van der Waals surface area contributed by atoms with Crippen molar-refractivity contribution >= 4 is 23.5 Å². The number of rotatable bonds is 3. The van der Waals surface area contributed by atoms with Gasteiger partial charge >= 0.3 is 6.09 Å². The largest absolute Gasteiger partial charge is 0.491 e. The van der Waals surface area contributed by atoms with E-state index < -0.39 is 6.09 Å². The lowest BCUT2D eigenvalue weighted by molar-refractivity contribution is 0.203. The fraction of sp³-hybridized carbons (Fsp3) is 0.385. The highest BCUT2D eigenvalue weighted by Gasteiger charge is 2.30. The molecule has 9 heteroatoms. The van der Waals surface area contributed by atoms with E-state index in [0.29, 0.717) is 13.2 Å². The van der Waals surface area contributed by atoms with Crippen LogP contribution < -0.4 is 19.7 Å². The number of halogens is 1. The van der Waals surface area contributed by atoms with Crippen LogP contribution in [0.4, 0.5) is 10.6 Å². The summed E-state index contributed by atoms with van der Waals surface area (Å²) in [5.41, 5.74) is 5.39. The van der Waals surface area contributed by atoms with E-state index in [0.717, 1.165) is 59.8 Å². The van der Waals surface area contributed by atoms with Gasteiger partial charge in [-0.3, -0.25) is 0 Å². The van der Waals surface area contributed by atoms with E-state index in [9.17, 15) is 4.79 Å². The lowest BCUT2D eigenvalue weighted by atomic mass is 9.76. The number of aromatic nitrogens is 3. The van der Waals surface area contributed by atoms with Crippen molar-refractivity contribution in [3.8, 4) is 22.6 Å².